The summed E-state index contributed by atoms with van der Waals surface area (Å²) in [7, 11) is 0. The van der Waals surface area contributed by atoms with Crippen LogP contribution >= 0.6 is 0 Å². The number of hydrogen-bond donors (Lipinski definition) is 2. The number of carbonyl (C=O) groups is 1. The predicted octanol–water partition coefficient (Wildman–Crippen LogP) is 0.326. The van der Waals surface area contributed by atoms with Crippen molar-refractivity contribution in [2.24, 2.45) is 5.73 Å². The normalized spacial score (nSPS) is 19.7. The van der Waals surface area contributed by atoms with Crippen LogP contribution in [0.3, 0.4) is 0 Å². The minimum atomic E-state index is 0.212. The lowest BCUT2D eigenvalue weighted by molar-refractivity contribution is -0.131. The van der Waals surface area contributed by atoms with E-state index in [4.69, 9.17) is 5.73 Å². The van der Waals surface area contributed by atoms with Crippen LogP contribution in [0, 0.1) is 0 Å². The molecule has 0 saturated carbocycles. The average molecular weight is 213 g/mol. The second-order valence-electron chi connectivity index (χ2n) is 4.35. The number of carbonyl (C=O) groups excluding carboxylic acids is 1. The molecule has 1 saturated heterocycles. The lowest BCUT2D eigenvalue weighted by Gasteiger charge is -2.20. The summed E-state index contributed by atoms with van der Waals surface area (Å²) in [6.45, 7) is 5.71. The van der Waals surface area contributed by atoms with Crippen molar-refractivity contribution < 1.29 is 4.79 Å². The summed E-state index contributed by atoms with van der Waals surface area (Å²) in [5.41, 5.74) is 5.65. The SMILES string of the molecule is CC(N)CCCC(=O)N1CCCNCC1. The third kappa shape index (κ3) is 5.14. The van der Waals surface area contributed by atoms with Crippen molar-refractivity contribution in [1.82, 2.24) is 10.2 Å². The van der Waals surface area contributed by atoms with E-state index in [1.54, 1.807) is 0 Å². The fourth-order valence-corrected chi connectivity index (χ4v) is 1.83. The fraction of sp³-hybridized carbons (Fsp3) is 0.909. The van der Waals surface area contributed by atoms with Gasteiger partial charge in [-0.15, -0.1) is 0 Å². The molecule has 0 radical (unpaired) electrons. The smallest absolute Gasteiger partial charge is 0.222 e. The van der Waals surface area contributed by atoms with Gasteiger partial charge in [-0.1, -0.05) is 0 Å². The maximum atomic E-state index is 11.8. The Bertz CT molecular complexity index is 186. The molecule has 1 amide bonds. The minimum Gasteiger partial charge on any atom is -0.341 e. The Labute approximate surface area is 92.2 Å². The van der Waals surface area contributed by atoms with Gasteiger partial charge >= 0.3 is 0 Å². The van der Waals surface area contributed by atoms with Gasteiger partial charge in [0, 0.05) is 32.1 Å². The van der Waals surface area contributed by atoms with Crippen molar-refractivity contribution in [3.63, 3.8) is 0 Å². The Morgan fingerprint density at radius 3 is 3.00 bits per heavy atom. The maximum absolute atomic E-state index is 11.8. The van der Waals surface area contributed by atoms with E-state index >= 15 is 0 Å². The molecular weight excluding hydrogens is 190 g/mol. The Morgan fingerprint density at radius 1 is 1.47 bits per heavy atom. The Morgan fingerprint density at radius 2 is 2.27 bits per heavy atom. The van der Waals surface area contributed by atoms with E-state index in [-0.39, 0.29) is 6.04 Å². The summed E-state index contributed by atoms with van der Waals surface area (Å²) in [4.78, 5) is 13.8. The molecule has 1 heterocycles. The number of nitrogens with zero attached hydrogens (tertiary/aromatic N) is 1. The average Bonchev–Trinajstić information content (AvgIpc) is 2.44. The zero-order chi connectivity index (χ0) is 11.1. The van der Waals surface area contributed by atoms with Crippen LogP contribution < -0.4 is 11.1 Å². The van der Waals surface area contributed by atoms with E-state index in [9.17, 15) is 4.79 Å². The van der Waals surface area contributed by atoms with E-state index in [0.717, 1.165) is 45.4 Å². The molecule has 1 fully saturated rings. The first-order chi connectivity index (χ1) is 7.20. The molecule has 0 aromatic heterocycles. The van der Waals surface area contributed by atoms with Crippen molar-refractivity contribution in [2.45, 2.75) is 38.6 Å². The van der Waals surface area contributed by atoms with Gasteiger partial charge in [-0.05, 0) is 32.7 Å². The Balaban J connectivity index is 2.19. The molecular formula is C11H23N3O. The summed E-state index contributed by atoms with van der Waals surface area (Å²) in [5.74, 6) is 0.291. The number of nitrogens with one attached hydrogen (secondary N) is 1. The van der Waals surface area contributed by atoms with Gasteiger partial charge in [0.05, 0.1) is 0 Å². The van der Waals surface area contributed by atoms with Crippen LogP contribution in [0.25, 0.3) is 0 Å². The standard InChI is InChI=1S/C11H23N3O/c1-10(12)4-2-5-11(15)14-8-3-6-13-7-9-14/h10,13H,2-9,12H2,1H3. The lowest BCUT2D eigenvalue weighted by Crippen LogP contribution is -2.34. The highest BCUT2D eigenvalue weighted by molar-refractivity contribution is 5.76. The van der Waals surface area contributed by atoms with Crippen LogP contribution in [0.2, 0.25) is 0 Å². The predicted molar refractivity (Wildman–Crippen MR) is 61.6 cm³/mol. The van der Waals surface area contributed by atoms with E-state index in [1.165, 1.54) is 0 Å². The van der Waals surface area contributed by atoms with Crippen molar-refractivity contribution in [2.75, 3.05) is 26.2 Å². The highest BCUT2D eigenvalue weighted by Gasteiger charge is 2.14. The lowest BCUT2D eigenvalue weighted by atomic mass is 10.1. The Kier molecular flexibility index (Phi) is 5.65. The van der Waals surface area contributed by atoms with Crippen molar-refractivity contribution in [3.05, 3.63) is 0 Å². The second kappa shape index (κ2) is 6.80. The van der Waals surface area contributed by atoms with Crippen LogP contribution in [0.5, 0.6) is 0 Å². The summed E-state index contributed by atoms with van der Waals surface area (Å²) in [6.07, 6.45) is 3.58. The third-order valence-corrected chi connectivity index (χ3v) is 2.74. The molecule has 1 aliphatic rings. The molecule has 3 N–H and O–H groups in total. The number of rotatable bonds is 4. The number of nitrogens with two attached hydrogens (primary N) is 1. The maximum Gasteiger partial charge on any atom is 0.222 e. The van der Waals surface area contributed by atoms with Crippen LogP contribution in [0.1, 0.15) is 32.6 Å². The largest absolute Gasteiger partial charge is 0.341 e. The monoisotopic (exact) mass is 213 g/mol. The van der Waals surface area contributed by atoms with Crippen molar-refractivity contribution in [3.8, 4) is 0 Å². The summed E-state index contributed by atoms with van der Waals surface area (Å²) >= 11 is 0. The highest BCUT2D eigenvalue weighted by atomic mass is 16.2. The first-order valence-corrected chi connectivity index (χ1v) is 5.94. The minimum absolute atomic E-state index is 0.212. The van der Waals surface area contributed by atoms with Crippen LogP contribution in [-0.4, -0.2) is 43.0 Å². The quantitative estimate of drug-likeness (QED) is 0.707. The fourth-order valence-electron chi connectivity index (χ4n) is 1.83. The second-order valence-corrected chi connectivity index (χ2v) is 4.35. The van der Waals surface area contributed by atoms with E-state index in [1.807, 2.05) is 11.8 Å². The van der Waals surface area contributed by atoms with Crippen molar-refractivity contribution in [1.29, 1.82) is 0 Å². The van der Waals surface area contributed by atoms with E-state index < -0.39 is 0 Å². The molecule has 1 atom stereocenters. The van der Waals surface area contributed by atoms with Crippen LogP contribution in [-0.2, 0) is 4.79 Å². The summed E-state index contributed by atoms with van der Waals surface area (Å²) in [5, 5.41) is 3.29. The van der Waals surface area contributed by atoms with Crippen molar-refractivity contribution >= 4 is 5.91 Å². The summed E-state index contributed by atoms with van der Waals surface area (Å²) < 4.78 is 0. The van der Waals surface area contributed by atoms with Gasteiger partial charge in [0.25, 0.3) is 0 Å². The first kappa shape index (κ1) is 12.5. The van der Waals surface area contributed by atoms with Crippen LogP contribution in [0.4, 0.5) is 0 Å². The first-order valence-electron chi connectivity index (χ1n) is 5.94. The number of amides is 1. The van der Waals surface area contributed by atoms with Gasteiger partial charge in [0.1, 0.15) is 0 Å². The van der Waals surface area contributed by atoms with Gasteiger partial charge in [-0.3, -0.25) is 4.79 Å². The molecule has 0 aromatic rings. The molecule has 15 heavy (non-hydrogen) atoms. The molecule has 4 heteroatoms. The van der Waals surface area contributed by atoms with Gasteiger partial charge in [0.2, 0.25) is 5.91 Å². The molecule has 1 rings (SSSR count). The van der Waals surface area contributed by atoms with Gasteiger partial charge in [-0.2, -0.15) is 0 Å². The molecule has 0 aromatic carbocycles. The van der Waals surface area contributed by atoms with Crippen LogP contribution in [0.15, 0.2) is 0 Å². The Hall–Kier alpha value is -0.610. The third-order valence-electron chi connectivity index (χ3n) is 2.74. The highest BCUT2D eigenvalue weighted by Crippen LogP contribution is 2.04. The van der Waals surface area contributed by atoms with Gasteiger partial charge in [-0.25, -0.2) is 0 Å². The molecule has 0 aliphatic carbocycles. The zero-order valence-corrected chi connectivity index (χ0v) is 9.67. The van der Waals surface area contributed by atoms with Gasteiger partial charge < -0.3 is 16.0 Å². The molecule has 0 bridgehead atoms. The number of hydrogen-bond acceptors (Lipinski definition) is 3. The molecule has 0 spiro atoms. The van der Waals surface area contributed by atoms with E-state index in [2.05, 4.69) is 5.32 Å². The topological polar surface area (TPSA) is 58.4 Å². The molecule has 1 aliphatic heterocycles. The van der Waals surface area contributed by atoms with Gasteiger partial charge in [0.15, 0.2) is 0 Å². The van der Waals surface area contributed by atoms with E-state index in [0.29, 0.717) is 12.3 Å². The molecule has 88 valence electrons. The zero-order valence-electron chi connectivity index (χ0n) is 9.67. The summed E-state index contributed by atoms with van der Waals surface area (Å²) in [6, 6.07) is 0.212. The molecule has 4 nitrogen and oxygen atoms in total. The molecule has 1 unspecified atom stereocenters.